The van der Waals surface area contributed by atoms with Crippen molar-refractivity contribution in [1.82, 2.24) is 9.55 Å². The maximum atomic E-state index is 12.9. The number of aryl methyl sites for hydroxylation is 1. The number of hydrogen-bond donors (Lipinski definition) is 2. The first-order valence-electron chi connectivity index (χ1n) is 9.55. The first-order valence-corrected chi connectivity index (χ1v) is 13.6. The average Bonchev–Trinajstić information content (AvgIpc) is 3.18. The van der Waals surface area contributed by atoms with E-state index in [1.54, 1.807) is 4.45 Å². The third-order valence-corrected chi connectivity index (χ3v) is 7.27. The maximum Gasteiger partial charge on any atom is 0.494 e. The van der Waals surface area contributed by atoms with Crippen LogP contribution in [0.2, 0.25) is 0 Å². The van der Waals surface area contributed by atoms with E-state index < -0.39 is 18.3 Å². The topological polar surface area (TPSA) is 94.8 Å². The van der Waals surface area contributed by atoms with Gasteiger partial charge in [-0.3, -0.25) is 4.79 Å². The van der Waals surface area contributed by atoms with Gasteiger partial charge in [0.1, 0.15) is 6.61 Å². The normalized spacial score (nSPS) is 17.6. The van der Waals surface area contributed by atoms with Gasteiger partial charge >= 0.3 is 7.12 Å². The van der Waals surface area contributed by atoms with Crippen molar-refractivity contribution in [2.75, 3.05) is 18.5 Å². The second-order valence-corrected chi connectivity index (χ2v) is 10.1. The fraction of sp³-hybridized carbons (Fsp3) is 0.474. The Labute approximate surface area is 191 Å². The van der Waals surface area contributed by atoms with Gasteiger partial charge in [0.2, 0.25) is 0 Å². The average molecular weight is 545 g/mol. The fourth-order valence-electron chi connectivity index (χ4n) is 3.00. The van der Waals surface area contributed by atoms with Gasteiger partial charge in [-0.25, -0.2) is 4.45 Å². The predicted octanol–water partition coefficient (Wildman–Crippen LogP) is 2.91. The molecule has 162 valence electrons. The van der Waals surface area contributed by atoms with Crippen LogP contribution in [0.25, 0.3) is 0 Å². The van der Waals surface area contributed by atoms with Gasteiger partial charge in [-0.05, 0) is 73.8 Å². The molecular formula is C19H26BIN3O5P. The van der Waals surface area contributed by atoms with Gasteiger partial charge in [-0.1, -0.05) is 12.1 Å². The van der Waals surface area contributed by atoms with Crippen molar-refractivity contribution < 1.29 is 23.9 Å². The number of carbonyl (C=O) groups excluding carboxylic acids is 1. The highest BCUT2D eigenvalue weighted by Crippen LogP contribution is 2.36. The summed E-state index contributed by atoms with van der Waals surface area (Å²) in [6.45, 7) is 9.94. The summed E-state index contributed by atoms with van der Waals surface area (Å²) in [5.41, 5.74) is 1.96. The van der Waals surface area contributed by atoms with E-state index in [9.17, 15) is 4.79 Å². The quantitative estimate of drug-likeness (QED) is 0.316. The van der Waals surface area contributed by atoms with E-state index in [0.29, 0.717) is 17.1 Å². The second-order valence-electron chi connectivity index (χ2n) is 8.04. The minimum atomic E-state index is -0.460. The molecule has 1 amide bonds. The lowest BCUT2D eigenvalue weighted by atomic mass is 9.78. The standard InChI is InChI=1S/C19H26BIN3O5P/c1-12-10-13(20-28-18(2,3)19(4,5)29-20)6-7-14(12)23-17(26)16-15(27-9-8-25)11-22-24(16)30-21/h6-7,10-11,25,30H,8-9H2,1-5H3,(H,23,26). The summed E-state index contributed by atoms with van der Waals surface area (Å²) in [7, 11) is -0.460. The molecule has 1 aromatic carbocycles. The Balaban J connectivity index is 1.79. The molecule has 1 saturated heterocycles. The van der Waals surface area contributed by atoms with Gasteiger partial charge in [0.25, 0.3) is 5.91 Å². The number of halogens is 1. The molecule has 1 aliphatic rings. The third-order valence-electron chi connectivity index (χ3n) is 5.40. The van der Waals surface area contributed by atoms with Crippen LogP contribution in [-0.4, -0.2) is 52.1 Å². The zero-order chi connectivity index (χ0) is 22.1. The van der Waals surface area contributed by atoms with Crippen molar-refractivity contribution in [3.05, 3.63) is 35.7 Å². The molecule has 8 nitrogen and oxygen atoms in total. The molecule has 1 aromatic heterocycles. The van der Waals surface area contributed by atoms with Crippen molar-refractivity contribution in [3.8, 4) is 5.75 Å². The van der Waals surface area contributed by atoms with Crippen molar-refractivity contribution >= 4 is 52.6 Å². The highest BCUT2D eigenvalue weighted by atomic mass is 127. The molecule has 0 radical (unpaired) electrons. The second kappa shape index (κ2) is 9.12. The number of rotatable bonds is 7. The Morgan fingerprint density at radius 1 is 1.33 bits per heavy atom. The molecule has 30 heavy (non-hydrogen) atoms. The summed E-state index contributed by atoms with van der Waals surface area (Å²) in [4.78, 5) is 12.9. The minimum absolute atomic E-state index is 0.0954. The molecule has 2 heterocycles. The van der Waals surface area contributed by atoms with Crippen molar-refractivity contribution in [1.29, 1.82) is 0 Å². The zero-order valence-corrected chi connectivity index (χ0v) is 20.8. The number of aliphatic hydroxyl groups is 1. The molecule has 11 heteroatoms. The Morgan fingerprint density at radius 2 is 2.00 bits per heavy atom. The smallest absolute Gasteiger partial charge is 0.487 e. The summed E-state index contributed by atoms with van der Waals surface area (Å²) in [5, 5.41) is 16.1. The van der Waals surface area contributed by atoms with E-state index in [4.69, 9.17) is 19.2 Å². The lowest BCUT2D eigenvalue weighted by Crippen LogP contribution is -2.41. The van der Waals surface area contributed by atoms with Crippen LogP contribution in [0.3, 0.4) is 0 Å². The SMILES string of the molecule is Cc1cc(B2OC(C)(C)C(C)(C)O2)ccc1NC(=O)c1c(OCCO)cnn1PI. The Bertz CT molecular complexity index is 921. The number of aromatic nitrogens is 2. The Hall–Kier alpha value is -1.20. The molecule has 0 aliphatic carbocycles. The molecule has 2 N–H and O–H groups in total. The summed E-state index contributed by atoms with van der Waals surface area (Å²) >= 11 is 2.15. The Kier molecular flexibility index (Phi) is 7.13. The monoisotopic (exact) mass is 545 g/mol. The van der Waals surface area contributed by atoms with Gasteiger partial charge in [0.15, 0.2) is 11.4 Å². The highest BCUT2D eigenvalue weighted by molar-refractivity contribution is 14.2. The molecule has 0 saturated carbocycles. The van der Waals surface area contributed by atoms with E-state index in [1.165, 1.54) is 6.20 Å². The molecule has 1 aliphatic heterocycles. The number of benzene rings is 1. The van der Waals surface area contributed by atoms with Crippen LogP contribution in [0, 0.1) is 6.92 Å². The molecule has 1 atom stereocenters. The number of carbonyl (C=O) groups is 1. The van der Waals surface area contributed by atoms with Crippen molar-refractivity contribution in [3.63, 3.8) is 0 Å². The van der Waals surface area contributed by atoms with Crippen LogP contribution in [0.4, 0.5) is 5.69 Å². The Morgan fingerprint density at radius 3 is 2.57 bits per heavy atom. The molecule has 2 aromatic rings. The highest BCUT2D eigenvalue weighted by Gasteiger charge is 2.51. The van der Waals surface area contributed by atoms with E-state index in [-0.39, 0.29) is 25.5 Å². The van der Waals surface area contributed by atoms with Crippen LogP contribution >= 0.6 is 28.4 Å². The predicted molar refractivity (Wildman–Crippen MR) is 127 cm³/mol. The molecular weight excluding hydrogens is 519 g/mol. The van der Waals surface area contributed by atoms with Crippen LogP contribution in [0.15, 0.2) is 24.4 Å². The van der Waals surface area contributed by atoms with Gasteiger partial charge < -0.3 is 24.5 Å². The summed E-state index contributed by atoms with van der Waals surface area (Å²) < 4.78 is 19.3. The number of ether oxygens (including phenoxy) is 1. The molecule has 1 fully saturated rings. The molecule has 1 unspecified atom stereocenters. The third kappa shape index (κ3) is 4.67. The largest absolute Gasteiger partial charge is 0.494 e. The lowest BCUT2D eigenvalue weighted by molar-refractivity contribution is 0.00578. The maximum absolute atomic E-state index is 12.9. The van der Waals surface area contributed by atoms with E-state index in [0.717, 1.165) is 11.0 Å². The summed E-state index contributed by atoms with van der Waals surface area (Å²) in [5.74, 6) is 0.0216. The number of nitrogens with zero attached hydrogens (tertiary/aromatic N) is 2. The number of hydrogen-bond acceptors (Lipinski definition) is 6. The molecule has 0 bridgehead atoms. The first kappa shape index (κ1) is 23.5. The van der Waals surface area contributed by atoms with Gasteiger partial charge in [0.05, 0.1) is 30.4 Å². The molecule has 0 spiro atoms. The fourth-order valence-corrected chi connectivity index (χ4v) is 4.50. The minimum Gasteiger partial charge on any atom is -0.487 e. The van der Waals surface area contributed by atoms with Crippen LogP contribution in [0.5, 0.6) is 5.75 Å². The lowest BCUT2D eigenvalue weighted by Gasteiger charge is -2.32. The van der Waals surface area contributed by atoms with Gasteiger partial charge in [0, 0.05) is 5.69 Å². The van der Waals surface area contributed by atoms with Crippen LogP contribution < -0.4 is 15.5 Å². The van der Waals surface area contributed by atoms with E-state index in [1.807, 2.05) is 52.8 Å². The number of anilines is 1. The zero-order valence-electron chi connectivity index (χ0n) is 17.7. The van der Waals surface area contributed by atoms with Gasteiger partial charge in [-0.15, -0.1) is 0 Å². The summed E-state index contributed by atoms with van der Waals surface area (Å²) in [6.07, 6.45) is 1.73. The number of aliphatic hydroxyl groups excluding tert-OH is 1. The van der Waals surface area contributed by atoms with E-state index >= 15 is 0 Å². The number of nitrogens with one attached hydrogen (secondary N) is 1. The van der Waals surface area contributed by atoms with Crippen molar-refractivity contribution in [2.24, 2.45) is 0 Å². The molecule has 3 rings (SSSR count). The van der Waals surface area contributed by atoms with Gasteiger partial charge in [-0.2, -0.15) is 5.10 Å². The van der Waals surface area contributed by atoms with Crippen LogP contribution in [-0.2, 0) is 9.31 Å². The van der Waals surface area contributed by atoms with Crippen molar-refractivity contribution in [2.45, 2.75) is 45.8 Å². The van der Waals surface area contributed by atoms with E-state index in [2.05, 4.69) is 32.5 Å². The summed E-state index contributed by atoms with van der Waals surface area (Å²) in [6, 6.07) is 5.69. The van der Waals surface area contributed by atoms with Crippen LogP contribution in [0.1, 0.15) is 43.7 Å². The first-order chi connectivity index (χ1) is 14.1. The number of amides is 1.